The van der Waals surface area contributed by atoms with Crippen LogP contribution in [-0.2, 0) is 14.3 Å². The van der Waals surface area contributed by atoms with Crippen LogP contribution in [-0.4, -0.2) is 36.0 Å². The summed E-state index contributed by atoms with van der Waals surface area (Å²) in [6.07, 6.45) is 0. The molecule has 0 amide bonds. The summed E-state index contributed by atoms with van der Waals surface area (Å²) in [7, 11) is -2.37. The molecule has 0 spiro atoms. The normalized spacial score (nSPS) is 12.1. The van der Waals surface area contributed by atoms with Crippen molar-refractivity contribution in [3.05, 3.63) is 28.3 Å². The molecule has 14 heavy (non-hydrogen) atoms. The maximum atomic E-state index is 11.4. The fourth-order valence-electron chi connectivity index (χ4n) is 1.20. The van der Waals surface area contributed by atoms with Crippen molar-refractivity contribution in [3.8, 4) is 0 Å². The van der Waals surface area contributed by atoms with Crippen LogP contribution in [0.1, 0.15) is 0 Å². The molecule has 2 rings (SSSR count). The number of hydrogen-bond acceptors (Lipinski definition) is 3. The fraction of sp³-hybridized carbons (Fsp3) is 0.111. The van der Waals surface area contributed by atoms with Gasteiger partial charge in [0.1, 0.15) is 0 Å². The van der Waals surface area contributed by atoms with Crippen LogP contribution in [0.2, 0.25) is 0 Å². The summed E-state index contributed by atoms with van der Waals surface area (Å²) in [4.78, 5) is 0.234. The average Bonchev–Trinajstić information content (AvgIpc) is 2.64. The van der Waals surface area contributed by atoms with Crippen molar-refractivity contribution < 1.29 is 12.6 Å². The van der Waals surface area contributed by atoms with Gasteiger partial charge in [0, 0.05) is 0 Å². The van der Waals surface area contributed by atoms with E-state index in [1.165, 1.54) is 10.5 Å². The van der Waals surface area contributed by atoms with Crippen molar-refractivity contribution in [3.63, 3.8) is 0 Å². The van der Waals surface area contributed by atoms with E-state index in [1.807, 2.05) is 12.1 Å². The van der Waals surface area contributed by atoms with Gasteiger partial charge in [-0.15, -0.1) is 0 Å². The first kappa shape index (κ1) is 10.2. The van der Waals surface area contributed by atoms with Gasteiger partial charge in [0.25, 0.3) is 0 Å². The quantitative estimate of drug-likeness (QED) is 0.617. The number of hydrogen-bond donors (Lipinski definition) is 0. The van der Waals surface area contributed by atoms with E-state index in [9.17, 15) is 8.42 Å². The van der Waals surface area contributed by atoms with E-state index < -0.39 is 10.1 Å². The average molecular weight is 324 g/mol. The second-order valence-electron chi connectivity index (χ2n) is 2.74. The van der Waals surface area contributed by atoms with Gasteiger partial charge in [-0.25, -0.2) is 0 Å². The van der Waals surface area contributed by atoms with Crippen molar-refractivity contribution in [2.24, 2.45) is 0 Å². The molecule has 0 saturated carbocycles. The summed E-state index contributed by atoms with van der Waals surface area (Å²) in [5.74, 6) is 0. The molecule has 0 aliphatic rings. The van der Waals surface area contributed by atoms with E-state index in [0.717, 1.165) is 5.39 Å². The van der Waals surface area contributed by atoms with Crippen LogP contribution < -0.4 is 0 Å². The van der Waals surface area contributed by atoms with E-state index in [1.54, 1.807) is 12.1 Å². The zero-order chi connectivity index (χ0) is 10.2. The molecule has 0 atom stereocenters. The molecule has 0 aliphatic carbocycles. The Labute approximate surface area is 92.1 Å². The minimum atomic E-state index is -3.54. The van der Waals surface area contributed by atoms with Gasteiger partial charge >= 0.3 is 92.3 Å². The topological polar surface area (TPSA) is 43.4 Å². The van der Waals surface area contributed by atoms with Crippen molar-refractivity contribution in [2.45, 2.75) is 4.90 Å². The van der Waals surface area contributed by atoms with Crippen LogP contribution >= 0.6 is 0 Å². The van der Waals surface area contributed by atoms with Crippen molar-refractivity contribution in [1.29, 1.82) is 0 Å². The molecule has 1 aromatic heterocycles. The van der Waals surface area contributed by atoms with Gasteiger partial charge in [-0.1, -0.05) is 0 Å². The maximum absolute atomic E-state index is 11.4. The molecule has 0 fully saturated rings. The molecule has 1 aromatic carbocycles. The van der Waals surface area contributed by atoms with E-state index in [4.69, 9.17) is 0 Å². The Balaban J connectivity index is 2.65. The van der Waals surface area contributed by atoms with Crippen LogP contribution in [0.25, 0.3) is 8.79 Å². The summed E-state index contributed by atoms with van der Waals surface area (Å²) < 4.78 is 30.6. The number of benzene rings is 1. The zero-order valence-electron chi connectivity index (χ0n) is 7.43. The summed E-state index contributed by atoms with van der Waals surface area (Å²) in [6, 6.07) is 7.13. The molecule has 0 unspecified atom stereocenters. The fourth-order valence-corrected chi connectivity index (χ4v) is 4.10. The van der Waals surface area contributed by atoms with Crippen LogP contribution in [0.15, 0.2) is 33.2 Å². The first-order valence-corrected chi connectivity index (χ1v) is 7.83. The molecule has 0 aliphatic heterocycles. The summed E-state index contributed by atoms with van der Waals surface area (Å²) in [6.45, 7) is 0. The molecular weight excluding hydrogens is 316 g/mol. The molecule has 0 radical (unpaired) electrons. The SMILES string of the molecule is COS(=O)(=O)c1ccc2[te]ccc2c1. The molecule has 0 bridgehead atoms. The Bertz CT molecular complexity index is 556. The van der Waals surface area contributed by atoms with Crippen LogP contribution in [0, 0.1) is 0 Å². The molecular formula is C9H8O3STe. The van der Waals surface area contributed by atoms with Crippen molar-refractivity contribution in [1.82, 2.24) is 0 Å². The Morgan fingerprint density at radius 2 is 2.07 bits per heavy atom. The molecule has 2 aromatic rings. The van der Waals surface area contributed by atoms with Crippen LogP contribution in [0.3, 0.4) is 0 Å². The van der Waals surface area contributed by atoms with Gasteiger partial charge in [0.05, 0.1) is 0 Å². The second-order valence-corrected chi connectivity index (χ2v) is 7.16. The Morgan fingerprint density at radius 1 is 1.29 bits per heavy atom. The van der Waals surface area contributed by atoms with Gasteiger partial charge in [0.15, 0.2) is 0 Å². The zero-order valence-corrected chi connectivity index (χ0v) is 10.6. The van der Waals surface area contributed by atoms with E-state index >= 15 is 0 Å². The van der Waals surface area contributed by atoms with Crippen molar-refractivity contribution >= 4 is 39.3 Å². The molecule has 3 nitrogen and oxygen atoms in total. The molecule has 1 heterocycles. The van der Waals surface area contributed by atoms with Gasteiger partial charge in [-0.05, 0) is 0 Å². The van der Waals surface area contributed by atoms with Crippen LogP contribution in [0.5, 0.6) is 0 Å². The Morgan fingerprint density at radius 3 is 2.79 bits per heavy atom. The number of rotatable bonds is 2. The standard InChI is InChI=1S/C9H8O3STe/c1-12-13(10,11)8-2-3-9-7(6-8)4-5-14-9/h2-6H,1H3. The summed E-state index contributed by atoms with van der Waals surface area (Å²) in [5, 5.41) is 1.02. The predicted molar refractivity (Wildman–Crippen MR) is 55.1 cm³/mol. The first-order valence-electron chi connectivity index (χ1n) is 3.91. The van der Waals surface area contributed by atoms with Crippen molar-refractivity contribution in [2.75, 3.05) is 7.11 Å². The Kier molecular flexibility index (Phi) is 2.67. The third-order valence-corrected chi connectivity index (χ3v) is 5.76. The molecule has 0 saturated heterocycles. The molecule has 5 heteroatoms. The van der Waals surface area contributed by atoms with Gasteiger partial charge < -0.3 is 0 Å². The number of fused-ring (bicyclic) bond motifs is 1. The van der Waals surface area contributed by atoms with E-state index in [0.29, 0.717) is 0 Å². The monoisotopic (exact) mass is 326 g/mol. The van der Waals surface area contributed by atoms with Gasteiger partial charge in [-0.3, -0.25) is 0 Å². The first-order chi connectivity index (χ1) is 6.63. The predicted octanol–water partition coefficient (Wildman–Crippen LogP) is 1.23. The summed E-state index contributed by atoms with van der Waals surface area (Å²) >= 11 is -0.216. The van der Waals surface area contributed by atoms with E-state index in [2.05, 4.69) is 8.27 Å². The van der Waals surface area contributed by atoms with Crippen LogP contribution in [0.4, 0.5) is 0 Å². The van der Waals surface area contributed by atoms with Gasteiger partial charge in [-0.2, -0.15) is 0 Å². The minimum absolute atomic E-state index is 0.216. The molecule has 0 N–H and O–H groups in total. The van der Waals surface area contributed by atoms with Gasteiger partial charge in [0.2, 0.25) is 0 Å². The third-order valence-electron chi connectivity index (χ3n) is 1.93. The Hall–Kier alpha value is -0.340. The summed E-state index contributed by atoms with van der Waals surface area (Å²) in [5.41, 5.74) is 0. The second kappa shape index (κ2) is 3.67. The van der Waals surface area contributed by atoms with E-state index in [-0.39, 0.29) is 25.3 Å². The third kappa shape index (κ3) is 1.73. The molecule has 74 valence electrons.